The third-order valence-electron chi connectivity index (χ3n) is 3.76. The minimum atomic E-state index is -0.938. The van der Waals surface area contributed by atoms with Gasteiger partial charge in [0.15, 0.2) is 0 Å². The molecule has 0 spiro atoms. The number of carboxylic acids is 1. The van der Waals surface area contributed by atoms with Crippen molar-refractivity contribution < 1.29 is 14.7 Å². The molecule has 0 fully saturated rings. The number of aliphatic carboxylic acids is 1. The van der Waals surface area contributed by atoms with Gasteiger partial charge in [-0.2, -0.15) is 0 Å². The van der Waals surface area contributed by atoms with E-state index in [0.717, 1.165) is 12.0 Å². The van der Waals surface area contributed by atoms with Gasteiger partial charge in [0.2, 0.25) is 5.91 Å². The van der Waals surface area contributed by atoms with Gasteiger partial charge >= 0.3 is 5.97 Å². The lowest BCUT2D eigenvalue weighted by molar-refractivity contribution is -0.148. The largest absolute Gasteiger partial charge is 0.481 e. The van der Waals surface area contributed by atoms with Crippen molar-refractivity contribution in [1.29, 1.82) is 0 Å². The van der Waals surface area contributed by atoms with Gasteiger partial charge in [-0.1, -0.05) is 45.0 Å². The molecule has 4 heteroatoms. The highest BCUT2D eigenvalue weighted by molar-refractivity contribution is 5.84. The van der Waals surface area contributed by atoms with Crippen LogP contribution in [-0.4, -0.2) is 28.9 Å². The van der Waals surface area contributed by atoms with E-state index in [1.807, 2.05) is 12.1 Å². The molecule has 1 rings (SSSR count). The highest BCUT2D eigenvalue weighted by atomic mass is 16.4. The predicted molar refractivity (Wildman–Crippen MR) is 78.3 cm³/mol. The zero-order chi connectivity index (χ0) is 15.3. The highest BCUT2D eigenvalue weighted by Crippen LogP contribution is 2.16. The SMILES string of the molecule is CCc1ccc(CN(C)C(=O)C(C)C(C)C(=O)O)cc1. The van der Waals surface area contributed by atoms with Crippen molar-refractivity contribution in [2.45, 2.75) is 33.7 Å². The third kappa shape index (κ3) is 4.08. The van der Waals surface area contributed by atoms with Crippen LogP contribution in [0.4, 0.5) is 0 Å². The van der Waals surface area contributed by atoms with Crippen molar-refractivity contribution in [3.8, 4) is 0 Å². The Morgan fingerprint density at radius 2 is 1.60 bits per heavy atom. The number of carbonyl (C=O) groups excluding carboxylic acids is 1. The molecule has 0 saturated carbocycles. The summed E-state index contributed by atoms with van der Waals surface area (Å²) in [5.41, 5.74) is 2.31. The molecule has 0 aliphatic heterocycles. The number of nitrogens with zero attached hydrogens (tertiary/aromatic N) is 1. The second kappa shape index (κ2) is 7.08. The van der Waals surface area contributed by atoms with Gasteiger partial charge in [-0.3, -0.25) is 9.59 Å². The number of rotatable bonds is 6. The van der Waals surface area contributed by atoms with E-state index < -0.39 is 17.8 Å². The maximum atomic E-state index is 12.2. The summed E-state index contributed by atoms with van der Waals surface area (Å²) < 4.78 is 0. The molecule has 1 aromatic carbocycles. The summed E-state index contributed by atoms with van der Waals surface area (Å²) in [5, 5.41) is 8.96. The quantitative estimate of drug-likeness (QED) is 0.869. The first kappa shape index (κ1) is 16.2. The van der Waals surface area contributed by atoms with E-state index in [-0.39, 0.29) is 5.91 Å². The monoisotopic (exact) mass is 277 g/mol. The number of hydrogen-bond acceptors (Lipinski definition) is 2. The van der Waals surface area contributed by atoms with Crippen molar-refractivity contribution in [1.82, 2.24) is 4.90 Å². The average molecular weight is 277 g/mol. The molecular formula is C16H23NO3. The summed E-state index contributed by atoms with van der Waals surface area (Å²) in [7, 11) is 1.71. The minimum absolute atomic E-state index is 0.139. The van der Waals surface area contributed by atoms with E-state index in [9.17, 15) is 9.59 Å². The molecule has 1 aromatic rings. The second-order valence-electron chi connectivity index (χ2n) is 5.28. The van der Waals surface area contributed by atoms with E-state index in [4.69, 9.17) is 5.11 Å². The Labute approximate surface area is 120 Å². The van der Waals surface area contributed by atoms with Crippen LogP contribution in [0.25, 0.3) is 0 Å². The van der Waals surface area contributed by atoms with E-state index in [2.05, 4.69) is 19.1 Å². The summed E-state index contributed by atoms with van der Waals surface area (Å²) in [6.45, 7) is 5.83. The van der Waals surface area contributed by atoms with Crippen LogP contribution in [0.2, 0.25) is 0 Å². The van der Waals surface area contributed by atoms with Crippen molar-refractivity contribution in [3.05, 3.63) is 35.4 Å². The number of benzene rings is 1. The van der Waals surface area contributed by atoms with Gasteiger partial charge in [0, 0.05) is 19.5 Å². The van der Waals surface area contributed by atoms with E-state index >= 15 is 0 Å². The topological polar surface area (TPSA) is 57.6 Å². The summed E-state index contributed by atoms with van der Waals surface area (Å²) >= 11 is 0. The molecule has 0 aromatic heterocycles. The fraction of sp³-hybridized carbons (Fsp3) is 0.500. The maximum Gasteiger partial charge on any atom is 0.307 e. The molecule has 0 saturated heterocycles. The van der Waals surface area contributed by atoms with Gasteiger partial charge in [-0.05, 0) is 17.5 Å². The summed E-state index contributed by atoms with van der Waals surface area (Å²) in [4.78, 5) is 24.7. The van der Waals surface area contributed by atoms with Crippen molar-refractivity contribution >= 4 is 11.9 Å². The first-order valence-electron chi connectivity index (χ1n) is 6.92. The molecule has 2 atom stereocenters. The second-order valence-corrected chi connectivity index (χ2v) is 5.28. The van der Waals surface area contributed by atoms with Crippen LogP contribution >= 0.6 is 0 Å². The zero-order valence-corrected chi connectivity index (χ0v) is 12.6. The molecule has 110 valence electrons. The Bertz CT molecular complexity index is 467. The Balaban J connectivity index is 2.67. The van der Waals surface area contributed by atoms with Crippen molar-refractivity contribution in [2.75, 3.05) is 7.05 Å². The Hall–Kier alpha value is -1.84. The van der Waals surface area contributed by atoms with Crippen LogP contribution < -0.4 is 0 Å². The van der Waals surface area contributed by atoms with E-state index in [0.29, 0.717) is 6.54 Å². The molecule has 20 heavy (non-hydrogen) atoms. The average Bonchev–Trinajstić information content (AvgIpc) is 2.45. The molecule has 2 unspecified atom stereocenters. The Morgan fingerprint density at radius 3 is 2.05 bits per heavy atom. The molecule has 0 aliphatic carbocycles. The number of amides is 1. The van der Waals surface area contributed by atoms with Crippen LogP contribution in [0.1, 0.15) is 31.9 Å². The summed E-state index contributed by atoms with van der Waals surface area (Å²) in [5.74, 6) is -2.27. The summed E-state index contributed by atoms with van der Waals surface area (Å²) in [6.07, 6.45) is 0.988. The van der Waals surface area contributed by atoms with Crippen LogP contribution in [-0.2, 0) is 22.6 Å². The van der Waals surface area contributed by atoms with Gasteiger partial charge < -0.3 is 10.0 Å². The number of carboxylic acid groups (broad SMARTS) is 1. The van der Waals surface area contributed by atoms with Crippen molar-refractivity contribution in [2.24, 2.45) is 11.8 Å². The lowest BCUT2D eigenvalue weighted by Crippen LogP contribution is -2.36. The predicted octanol–water partition coefficient (Wildman–Crippen LogP) is 2.56. The molecule has 1 N–H and O–H groups in total. The van der Waals surface area contributed by atoms with Crippen LogP contribution in [0.15, 0.2) is 24.3 Å². The third-order valence-corrected chi connectivity index (χ3v) is 3.76. The number of hydrogen-bond donors (Lipinski definition) is 1. The lowest BCUT2D eigenvalue weighted by atomic mass is 9.94. The fourth-order valence-electron chi connectivity index (χ4n) is 2.01. The van der Waals surface area contributed by atoms with Crippen molar-refractivity contribution in [3.63, 3.8) is 0 Å². The van der Waals surface area contributed by atoms with E-state index in [1.165, 1.54) is 5.56 Å². The van der Waals surface area contributed by atoms with Gasteiger partial charge in [-0.25, -0.2) is 0 Å². The minimum Gasteiger partial charge on any atom is -0.481 e. The molecule has 4 nitrogen and oxygen atoms in total. The Morgan fingerprint density at radius 1 is 1.10 bits per heavy atom. The van der Waals surface area contributed by atoms with Crippen LogP contribution in [0, 0.1) is 11.8 Å². The number of aryl methyl sites for hydroxylation is 1. The molecule has 0 bridgehead atoms. The lowest BCUT2D eigenvalue weighted by Gasteiger charge is -2.23. The Kier molecular flexibility index (Phi) is 5.74. The van der Waals surface area contributed by atoms with Gasteiger partial charge in [0.1, 0.15) is 0 Å². The maximum absolute atomic E-state index is 12.2. The first-order chi connectivity index (χ1) is 9.36. The smallest absolute Gasteiger partial charge is 0.307 e. The number of carbonyl (C=O) groups is 2. The molecule has 0 heterocycles. The van der Waals surface area contributed by atoms with Crippen LogP contribution in [0.5, 0.6) is 0 Å². The molecule has 0 aliphatic rings. The fourth-order valence-corrected chi connectivity index (χ4v) is 2.01. The zero-order valence-electron chi connectivity index (χ0n) is 12.6. The highest BCUT2D eigenvalue weighted by Gasteiger charge is 2.27. The van der Waals surface area contributed by atoms with Gasteiger partial charge in [-0.15, -0.1) is 0 Å². The van der Waals surface area contributed by atoms with Gasteiger partial charge in [0.05, 0.1) is 5.92 Å². The standard InChI is InChI=1S/C16H23NO3/c1-5-13-6-8-14(9-7-13)10-17(4)15(18)11(2)12(3)16(19)20/h6-9,11-12H,5,10H2,1-4H3,(H,19,20). The van der Waals surface area contributed by atoms with E-state index in [1.54, 1.807) is 25.8 Å². The van der Waals surface area contributed by atoms with Gasteiger partial charge in [0.25, 0.3) is 0 Å². The molecule has 1 amide bonds. The molecular weight excluding hydrogens is 254 g/mol. The van der Waals surface area contributed by atoms with Crippen LogP contribution in [0.3, 0.4) is 0 Å². The molecule has 0 radical (unpaired) electrons. The normalized spacial score (nSPS) is 13.6. The summed E-state index contributed by atoms with van der Waals surface area (Å²) in [6, 6.07) is 8.12. The first-order valence-corrected chi connectivity index (χ1v) is 6.92.